The number of aryl methyl sites for hydroxylation is 2. The third kappa shape index (κ3) is 2.02. The monoisotopic (exact) mass is 296 g/mol. The molecular weight excluding hydrogens is 276 g/mol. The van der Waals surface area contributed by atoms with Gasteiger partial charge in [-0.15, -0.1) is 5.10 Å². The minimum Gasteiger partial charge on any atom is -0.336 e. The topological polar surface area (TPSA) is 51.8 Å². The van der Waals surface area contributed by atoms with Gasteiger partial charge in [-0.05, 0) is 49.0 Å². The van der Waals surface area contributed by atoms with Gasteiger partial charge in [0.2, 0.25) is 0 Å². The quantitative estimate of drug-likeness (QED) is 0.739. The molecule has 0 saturated carbocycles. The fourth-order valence-corrected chi connectivity index (χ4v) is 3.35. The van der Waals surface area contributed by atoms with E-state index in [4.69, 9.17) is 0 Å². The molecular formula is C16H20N6. The average molecular weight is 296 g/mol. The highest BCUT2D eigenvalue weighted by molar-refractivity contribution is 5.91. The molecule has 0 fully saturated rings. The third-order valence-electron chi connectivity index (χ3n) is 4.39. The van der Waals surface area contributed by atoms with Gasteiger partial charge in [-0.3, -0.25) is 0 Å². The number of benzene rings is 1. The Labute approximate surface area is 129 Å². The Balaban J connectivity index is 1.98. The Kier molecular flexibility index (Phi) is 3.18. The van der Waals surface area contributed by atoms with Crippen molar-refractivity contribution < 1.29 is 0 Å². The highest BCUT2D eigenvalue weighted by atomic mass is 15.5. The lowest BCUT2D eigenvalue weighted by Gasteiger charge is -2.14. The van der Waals surface area contributed by atoms with Crippen molar-refractivity contribution in [3.05, 3.63) is 29.8 Å². The molecule has 0 radical (unpaired) electrons. The largest absolute Gasteiger partial charge is 0.336 e. The third-order valence-corrected chi connectivity index (χ3v) is 4.39. The van der Waals surface area contributed by atoms with Crippen LogP contribution in [0, 0.1) is 0 Å². The van der Waals surface area contributed by atoms with E-state index in [0.717, 1.165) is 38.3 Å². The van der Waals surface area contributed by atoms with E-state index in [9.17, 15) is 0 Å². The zero-order chi connectivity index (χ0) is 15.1. The SMILES string of the molecule is CN(C)CCn1c2c(c3ccccc31)CCCn1nnnc1-2. The molecule has 2 aromatic heterocycles. The first kappa shape index (κ1) is 13.5. The number of aromatic nitrogens is 5. The normalized spacial score (nSPS) is 14.1. The smallest absolute Gasteiger partial charge is 0.198 e. The summed E-state index contributed by atoms with van der Waals surface area (Å²) in [5, 5.41) is 13.7. The molecule has 0 spiro atoms. The van der Waals surface area contributed by atoms with Crippen molar-refractivity contribution in [2.75, 3.05) is 20.6 Å². The van der Waals surface area contributed by atoms with E-state index >= 15 is 0 Å². The van der Waals surface area contributed by atoms with Crippen LogP contribution in [0.3, 0.4) is 0 Å². The Hall–Kier alpha value is -2.21. The van der Waals surface area contributed by atoms with Crippen LogP contribution in [0.25, 0.3) is 22.4 Å². The molecule has 3 heterocycles. The number of rotatable bonds is 3. The summed E-state index contributed by atoms with van der Waals surface area (Å²) in [5.74, 6) is 0.905. The van der Waals surface area contributed by atoms with Gasteiger partial charge in [-0.2, -0.15) is 0 Å². The number of para-hydroxylation sites is 1. The molecule has 1 aliphatic rings. The lowest BCUT2D eigenvalue weighted by Crippen LogP contribution is -2.19. The first-order valence-electron chi connectivity index (χ1n) is 7.77. The van der Waals surface area contributed by atoms with E-state index in [-0.39, 0.29) is 0 Å². The lowest BCUT2D eigenvalue weighted by atomic mass is 10.1. The van der Waals surface area contributed by atoms with Gasteiger partial charge >= 0.3 is 0 Å². The highest BCUT2D eigenvalue weighted by Crippen LogP contribution is 2.35. The fraction of sp³-hybridized carbons (Fsp3) is 0.438. The van der Waals surface area contributed by atoms with Gasteiger partial charge in [0.05, 0.1) is 5.69 Å². The molecule has 0 saturated heterocycles. The summed E-state index contributed by atoms with van der Waals surface area (Å²) in [4.78, 5) is 2.21. The molecule has 6 nitrogen and oxygen atoms in total. The van der Waals surface area contributed by atoms with E-state index in [1.807, 2.05) is 4.68 Å². The van der Waals surface area contributed by atoms with Gasteiger partial charge in [-0.25, -0.2) is 4.68 Å². The number of fused-ring (bicyclic) bond motifs is 5. The molecule has 4 rings (SSSR count). The Morgan fingerprint density at radius 2 is 2.09 bits per heavy atom. The van der Waals surface area contributed by atoms with Crippen molar-refractivity contribution >= 4 is 10.9 Å². The number of tetrazole rings is 1. The molecule has 0 N–H and O–H groups in total. The van der Waals surface area contributed by atoms with E-state index in [0.29, 0.717) is 0 Å². The Morgan fingerprint density at radius 3 is 2.95 bits per heavy atom. The second-order valence-corrected chi connectivity index (χ2v) is 6.13. The lowest BCUT2D eigenvalue weighted by molar-refractivity contribution is 0.387. The van der Waals surface area contributed by atoms with Gasteiger partial charge in [0.1, 0.15) is 0 Å². The summed E-state index contributed by atoms with van der Waals surface area (Å²) in [6.45, 7) is 2.82. The van der Waals surface area contributed by atoms with Crippen molar-refractivity contribution in [2.45, 2.75) is 25.9 Å². The van der Waals surface area contributed by atoms with Crippen LogP contribution < -0.4 is 0 Å². The average Bonchev–Trinajstić information content (AvgIpc) is 3.04. The summed E-state index contributed by atoms with van der Waals surface area (Å²) in [5.41, 5.74) is 3.87. The predicted octanol–water partition coefficient (Wildman–Crippen LogP) is 1.80. The fourth-order valence-electron chi connectivity index (χ4n) is 3.35. The van der Waals surface area contributed by atoms with E-state index in [2.05, 4.69) is 63.4 Å². The molecule has 3 aromatic rings. The van der Waals surface area contributed by atoms with Crippen LogP contribution in [0.1, 0.15) is 12.0 Å². The van der Waals surface area contributed by atoms with Gasteiger partial charge in [0, 0.05) is 30.5 Å². The minimum atomic E-state index is 0.888. The summed E-state index contributed by atoms with van der Waals surface area (Å²) >= 11 is 0. The Bertz CT molecular complexity index is 813. The van der Waals surface area contributed by atoms with Crippen LogP contribution in [0.2, 0.25) is 0 Å². The molecule has 6 heteroatoms. The first-order chi connectivity index (χ1) is 10.8. The second kappa shape index (κ2) is 5.21. The maximum Gasteiger partial charge on any atom is 0.198 e. The van der Waals surface area contributed by atoms with Crippen LogP contribution in [0.15, 0.2) is 24.3 Å². The van der Waals surface area contributed by atoms with Gasteiger partial charge in [0.15, 0.2) is 5.82 Å². The number of hydrogen-bond acceptors (Lipinski definition) is 4. The second-order valence-electron chi connectivity index (χ2n) is 6.13. The highest BCUT2D eigenvalue weighted by Gasteiger charge is 2.25. The van der Waals surface area contributed by atoms with Crippen LogP contribution >= 0.6 is 0 Å². The molecule has 1 aromatic carbocycles. The number of hydrogen-bond donors (Lipinski definition) is 0. The number of nitrogens with zero attached hydrogens (tertiary/aromatic N) is 6. The summed E-state index contributed by atoms with van der Waals surface area (Å²) < 4.78 is 4.33. The van der Waals surface area contributed by atoms with E-state index in [1.165, 1.54) is 22.2 Å². The molecule has 22 heavy (non-hydrogen) atoms. The van der Waals surface area contributed by atoms with Crippen LogP contribution in [0.4, 0.5) is 0 Å². The minimum absolute atomic E-state index is 0.888. The zero-order valence-electron chi connectivity index (χ0n) is 13.0. The standard InChI is InChI=1S/C16H20N6/c1-20(2)10-11-21-14-8-4-3-6-12(14)13-7-5-9-22-16(15(13)21)17-18-19-22/h3-4,6,8H,5,7,9-11H2,1-2H3. The molecule has 0 amide bonds. The van der Waals surface area contributed by atoms with E-state index < -0.39 is 0 Å². The molecule has 0 atom stereocenters. The van der Waals surface area contributed by atoms with Gasteiger partial charge in [-0.1, -0.05) is 18.2 Å². The maximum atomic E-state index is 4.31. The van der Waals surface area contributed by atoms with Crippen molar-refractivity contribution in [1.29, 1.82) is 0 Å². The predicted molar refractivity (Wildman–Crippen MR) is 85.6 cm³/mol. The zero-order valence-corrected chi connectivity index (χ0v) is 13.0. The van der Waals surface area contributed by atoms with Crippen molar-refractivity contribution in [1.82, 2.24) is 29.7 Å². The molecule has 0 unspecified atom stereocenters. The molecule has 114 valence electrons. The summed E-state index contributed by atoms with van der Waals surface area (Å²) in [7, 11) is 4.21. The van der Waals surface area contributed by atoms with Crippen LogP contribution in [-0.4, -0.2) is 50.3 Å². The van der Waals surface area contributed by atoms with Crippen molar-refractivity contribution in [3.63, 3.8) is 0 Å². The molecule has 0 bridgehead atoms. The first-order valence-corrected chi connectivity index (χ1v) is 7.77. The van der Waals surface area contributed by atoms with Crippen molar-refractivity contribution in [2.24, 2.45) is 0 Å². The number of likely N-dealkylation sites (N-methyl/N-ethyl adjacent to an activating group) is 1. The molecule has 0 aliphatic carbocycles. The maximum absolute atomic E-state index is 4.31. The molecule has 1 aliphatic heterocycles. The van der Waals surface area contributed by atoms with Gasteiger partial charge in [0.25, 0.3) is 0 Å². The summed E-state index contributed by atoms with van der Waals surface area (Å²) in [6, 6.07) is 8.65. The van der Waals surface area contributed by atoms with Crippen LogP contribution in [-0.2, 0) is 19.5 Å². The van der Waals surface area contributed by atoms with Crippen molar-refractivity contribution in [3.8, 4) is 11.5 Å². The Morgan fingerprint density at radius 1 is 1.23 bits per heavy atom. The van der Waals surface area contributed by atoms with Crippen LogP contribution in [0.5, 0.6) is 0 Å². The van der Waals surface area contributed by atoms with E-state index in [1.54, 1.807) is 0 Å². The summed E-state index contributed by atoms with van der Waals surface area (Å²) in [6.07, 6.45) is 2.14. The van der Waals surface area contributed by atoms with Gasteiger partial charge < -0.3 is 9.47 Å².